The Hall–Kier alpha value is -0.550. The van der Waals surface area contributed by atoms with Gasteiger partial charge in [0, 0.05) is 12.8 Å². The minimum atomic E-state index is 0.367. The molecule has 0 radical (unpaired) electrons. The molecule has 1 unspecified atom stereocenters. The lowest BCUT2D eigenvalue weighted by atomic mass is 10.2. The molecule has 0 aliphatic carbocycles. The third-order valence-electron chi connectivity index (χ3n) is 2.19. The quantitative estimate of drug-likeness (QED) is 0.720. The summed E-state index contributed by atoms with van der Waals surface area (Å²) in [5.74, 6) is 2.30. The Balaban J connectivity index is 2.53. The van der Waals surface area contributed by atoms with E-state index < -0.39 is 0 Å². The maximum absolute atomic E-state index is 3.97. The van der Waals surface area contributed by atoms with E-state index in [9.17, 15) is 0 Å². The Morgan fingerprint density at radius 3 is 2.87 bits per heavy atom. The molecular weight excluding hydrogens is 208 g/mol. The summed E-state index contributed by atoms with van der Waals surface area (Å²) in [5, 5.41) is 11.3. The van der Waals surface area contributed by atoms with Crippen molar-refractivity contribution in [3.05, 3.63) is 11.9 Å². The number of thioether (sulfide) groups is 1. The summed E-state index contributed by atoms with van der Waals surface area (Å²) in [5.41, 5.74) is 1.17. The standard InChI is InChI=1S/C10H20N4S/c1-4-6-15-8-9(11-5-2)10-7-12-13-14(10)3/h7,9,11H,4-6,8H2,1-3H3. The van der Waals surface area contributed by atoms with Crippen LogP contribution in [-0.4, -0.2) is 33.0 Å². The van der Waals surface area contributed by atoms with Gasteiger partial charge in [-0.1, -0.05) is 19.1 Å². The second-order valence-corrected chi connectivity index (χ2v) is 4.62. The van der Waals surface area contributed by atoms with Crippen molar-refractivity contribution in [2.75, 3.05) is 18.1 Å². The minimum Gasteiger partial charge on any atom is -0.308 e. The van der Waals surface area contributed by atoms with Crippen molar-refractivity contribution in [2.45, 2.75) is 26.3 Å². The van der Waals surface area contributed by atoms with Gasteiger partial charge in [-0.25, -0.2) is 0 Å². The molecule has 0 aliphatic heterocycles. The van der Waals surface area contributed by atoms with Gasteiger partial charge >= 0.3 is 0 Å². The van der Waals surface area contributed by atoms with E-state index in [-0.39, 0.29) is 0 Å². The molecule has 0 aromatic carbocycles. The number of hydrogen-bond acceptors (Lipinski definition) is 4. The molecule has 0 saturated heterocycles. The van der Waals surface area contributed by atoms with Crippen LogP contribution >= 0.6 is 11.8 Å². The summed E-state index contributed by atoms with van der Waals surface area (Å²) in [6, 6.07) is 0.367. The van der Waals surface area contributed by atoms with Gasteiger partial charge in [0.25, 0.3) is 0 Å². The molecule has 1 N–H and O–H groups in total. The van der Waals surface area contributed by atoms with Crippen LogP contribution in [0.2, 0.25) is 0 Å². The van der Waals surface area contributed by atoms with Crippen LogP contribution in [0.3, 0.4) is 0 Å². The topological polar surface area (TPSA) is 42.7 Å². The third kappa shape index (κ3) is 3.83. The first kappa shape index (κ1) is 12.5. The molecule has 0 spiro atoms. The summed E-state index contributed by atoms with van der Waals surface area (Å²) in [4.78, 5) is 0. The van der Waals surface area contributed by atoms with Crippen molar-refractivity contribution in [3.63, 3.8) is 0 Å². The first-order chi connectivity index (χ1) is 7.29. The molecule has 15 heavy (non-hydrogen) atoms. The fraction of sp³-hybridized carbons (Fsp3) is 0.800. The average molecular weight is 228 g/mol. The highest BCUT2D eigenvalue weighted by Crippen LogP contribution is 2.17. The van der Waals surface area contributed by atoms with Crippen molar-refractivity contribution in [1.82, 2.24) is 20.3 Å². The lowest BCUT2D eigenvalue weighted by molar-refractivity contribution is 0.549. The zero-order chi connectivity index (χ0) is 11.1. The van der Waals surface area contributed by atoms with Crippen molar-refractivity contribution in [3.8, 4) is 0 Å². The number of aromatic nitrogens is 3. The fourth-order valence-electron chi connectivity index (χ4n) is 1.45. The van der Waals surface area contributed by atoms with E-state index in [1.807, 2.05) is 29.7 Å². The van der Waals surface area contributed by atoms with Crippen LogP contribution in [0.25, 0.3) is 0 Å². The Morgan fingerprint density at radius 2 is 2.33 bits per heavy atom. The molecule has 4 nitrogen and oxygen atoms in total. The normalized spacial score (nSPS) is 13.0. The molecular formula is C10H20N4S. The van der Waals surface area contributed by atoms with E-state index in [0.29, 0.717) is 6.04 Å². The summed E-state index contributed by atoms with van der Waals surface area (Å²) < 4.78 is 1.85. The van der Waals surface area contributed by atoms with Crippen LogP contribution in [0.4, 0.5) is 0 Å². The van der Waals surface area contributed by atoms with Crippen LogP contribution in [0.15, 0.2) is 6.20 Å². The van der Waals surface area contributed by atoms with Gasteiger partial charge in [-0.15, -0.1) is 5.10 Å². The van der Waals surface area contributed by atoms with Crippen LogP contribution < -0.4 is 5.32 Å². The molecule has 1 rings (SSSR count). The summed E-state index contributed by atoms with van der Waals surface area (Å²) in [6.45, 7) is 5.31. The van der Waals surface area contributed by atoms with Crippen LogP contribution in [0.5, 0.6) is 0 Å². The summed E-state index contributed by atoms with van der Waals surface area (Å²) in [7, 11) is 1.94. The summed E-state index contributed by atoms with van der Waals surface area (Å²) >= 11 is 1.98. The Morgan fingerprint density at radius 1 is 1.53 bits per heavy atom. The highest BCUT2D eigenvalue weighted by molar-refractivity contribution is 7.99. The number of aryl methyl sites for hydroxylation is 1. The van der Waals surface area contributed by atoms with Gasteiger partial charge in [-0.05, 0) is 18.7 Å². The molecule has 1 atom stereocenters. The monoisotopic (exact) mass is 228 g/mol. The maximum Gasteiger partial charge on any atom is 0.0761 e. The Labute approximate surface area is 95.8 Å². The predicted octanol–water partition coefficient (Wildman–Crippen LogP) is 1.61. The van der Waals surface area contributed by atoms with Crippen molar-refractivity contribution in [2.24, 2.45) is 7.05 Å². The summed E-state index contributed by atoms with van der Waals surface area (Å²) in [6.07, 6.45) is 3.08. The molecule has 0 bridgehead atoms. The SMILES string of the molecule is CCCSCC(NCC)c1cnnn1C. The molecule has 1 aromatic heterocycles. The van der Waals surface area contributed by atoms with E-state index in [1.54, 1.807) is 0 Å². The molecule has 86 valence electrons. The van der Waals surface area contributed by atoms with Crippen LogP contribution in [-0.2, 0) is 7.05 Å². The van der Waals surface area contributed by atoms with Gasteiger partial charge in [0.2, 0.25) is 0 Å². The van der Waals surface area contributed by atoms with Crippen molar-refractivity contribution < 1.29 is 0 Å². The first-order valence-electron chi connectivity index (χ1n) is 5.45. The van der Waals surface area contributed by atoms with Crippen LogP contribution in [0.1, 0.15) is 32.0 Å². The maximum atomic E-state index is 3.97. The molecule has 5 heteroatoms. The second-order valence-electron chi connectivity index (χ2n) is 3.47. The van der Waals surface area contributed by atoms with E-state index in [1.165, 1.54) is 17.9 Å². The highest BCUT2D eigenvalue weighted by Gasteiger charge is 2.14. The molecule has 0 amide bonds. The number of nitrogens with zero attached hydrogens (tertiary/aromatic N) is 3. The molecule has 0 fully saturated rings. The lowest BCUT2D eigenvalue weighted by Crippen LogP contribution is -2.25. The van der Waals surface area contributed by atoms with Crippen molar-refractivity contribution >= 4 is 11.8 Å². The predicted molar refractivity (Wildman–Crippen MR) is 65.0 cm³/mol. The lowest BCUT2D eigenvalue weighted by Gasteiger charge is -2.16. The second kappa shape index (κ2) is 6.85. The zero-order valence-electron chi connectivity index (χ0n) is 9.73. The average Bonchev–Trinajstić information content (AvgIpc) is 2.64. The molecule has 1 heterocycles. The zero-order valence-corrected chi connectivity index (χ0v) is 10.5. The third-order valence-corrected chi connectivity index (χ3v) is 3.46. The van der Waals surface area contributed by atoms with Crippen molar-refractivity contribution in [1.29, 1.82) is 0 Å². The van der Waals surface area contributed by atoms with Gasteiger partial charge in [0.1, 0.15) is 0 Å². The smallest absolute Gasteiger partial charge is 0.0761 e. The van der Waals surface area contributed by atoms with Gasteiger partial charge in [0.05, 0.1) is 17.9 Å². The minimum absolute atomic E-state index is 0.367. The van der Waals surface area contributed by atoms with E-state index >= 15 is 0 Å². The fourth-order valence-corrected chi connectivity index (χ4v) is 2.43. The molecule has 0 aliphatic rings. The molecule has 1 aromatic rings. The van der Waals surface area contributed by atoms with E-state index in [0.717, 1.165) is 12.3 Å². The van der Waals surface area contributed by atoms with Gasteiger partial charge in [-0.3, -0.25) is 4.68 Å². The van der Waals surface area contributed by atoms with E-state index in [2.05, 4.69) is 29.5 Å². The largest absolute Gasteiger partial charge is 0.308 e. The Kier molecular flexibility index (Phi) is 5.71. The van der Waals surface area contributed by atoms with Crippen LogP contribution in [0, 0.1) is 0 Å². The first-order valence-corrected chi connectivity index (χ1v) is 6.60. The van der Waals surface area contributed by atoms with E-state index in [4.69, 9.17) is 0 Å². The number of hydrogen-bond donors (Lipinski definition) is 1. The van der Waals surface area contributed by atoms with Gasteiger partial charge < -0.3 is 5.32 Å². The molecule has 0 saturated carbocycles. The number of nitrogens with one attached hydrogen (secondary N) is 1. The number of rotatable bonds is 7. The highest BCUT2D eigenvalue weighted by atomic mass is 32.2. The Bertz CT molecular complexity index is 274. The van der Waals surface area contributed by atoms with Gasteiger partial charge in [-0.2, -0.15) is 11.8 Å². The van der Waals surface area contributed by atoms with Gasteiger partial charge in [0.15, 0.2) is 0 Å².